The van der Waals surface area contributed by atoms with E-state index in [0.29, 0.717) is 41.9 Å². The number of hydrogen-bond acceptors (Lipinski definition) is 3. The molecular formula is C23H22F3N3. The largest absolute Gasteiger partial charge is 0.302 e. The third-order valence-corrected chi connectivity index (χ3v) is 5.58. The van der Waals surface area contributed by atoms with Gasteiger partial charge in [-0.1, -0.05) is 19.1 Å². The minimum Gasteiger partial charge on any atom is -0.302 e. The molecule has 0 fully saturated rings. The van der Waals surface area contributed by atoms with E-state index in [9.17, 15) is 8.78 Å². The molecule has 0 saturated heterocycles. The van der Waals surface area contributed by atoms with Gasteiger partial charge in [0, 0.05) is 29.7 Å². The third kappa shape index (κ3) is 3.77. The van der Waals surface area contributed by atoms with Gasteiger partial charge in [0.1, 0.15) is 17.5 Å². The first-order valence-corrected chi connectivity index (χ1v) is 9.75. The highest BCUT2D eigenvalue weighted by molar-refractivity contribution is 5.62. The Hall–Kier alpha value is -2.73. The Morgan fingerprint density at radius 3 is 2.48 bits per heavy atom. The van der Waals surface area contributed by atoms with Crippen molar-refractivity contribution in [1.82, 2.24) is 15.1 Å². The molecule has 0 radical (unpaired) electrons. The first-order chi connectivity index (χ1) is 14.0. The molecule has 1 aliphatic rings. The summed E-state index contributed by atoms with van der Waals surface area (Å²) in [5, 5.41) is 8.30. The molecule has 0 spiro atoms. The molecule has 3 aromatic rings. The molecule has 4 rings (SSSR count). The van der Waals surface area contributed by atoms with Gasteiger partial charge in [0.05, 0.1) is 11.4 Å². The Bertz CT molecular complexity index is 1030. The maximum absolute atomic E-state index is 15.6. The van der Waals surface area contributed by atoms with Crippen LogP contribution in [0.15, 0.2) is 42.5 Å². The van der Waals surface area contributed by atoms with E-state index in [1.165, 1.54) is 12.1 Å². The van der Waals surface area contributed by atoms with Crippen molar-refractivity contribution in [3.8, 4) is 11.3 Å². The minimum absolute atomic E-state index is 0.340. The molecule has 0 aliphatic carbocycles. The molecule has 0 saturated carbocycles. The predicted octanol–water partition coefficient (Wildman–Crippen LogP) is 5.09. The third-order valence-electron chi connectivity index (χ3n) is 5.58. The summed E-state index contributed by atoms with van der Waals surface area (Å²) in [6, 6.07) is 10.7. The number of aromatic nitrogens is 2. The number of halogens is 3. The standard InChI is InChI=1S/C23H22F3N3/c1-3-15-5-9-22(28-27-15)19-8-7-16-17(18-6-4-14(24)12-21(18)25)10-11-29(2)13-20(16)23(19)26/h4-9,12,17H,3,10-11,13H2,1-2H3. The summed E-state index contributed by atoms with van der Waals surface area (Å²) >= 11 is 0. The van der Waals surface area contributed by atoms with Crippen LogP contribution in [0.3, 0.4) is 0 Å². The lowest BCUT2D eigenvalue weighted by atomic mass is 9.85. The highest BCUT2D eigenvalue weighted by Crippen LogP contribution is 2.38. The van der Waals surface area contributed by atoms with Crippen molar-refractivity contribution >= 4 is 0 Å². The van der Waals surface area contributed by atoms with E-state index < -0.39 is 11.6 Å². The molecule has 0 N–H and O–H groups in total. The number of aryl methyl sites for hydroxylation is 1. The molecule has 2 heterocycles. The average molecular weight is 397 g/mol. The maximum atomic E-state index is 15.6. The zero-order chi connectivity index (χ0) is 20.5. The van der Waals surface area contributed by atoms with Crippen molar-refractivity contribution in [2.24, 2.45) is 0 Å². The van der Waals surface area contributed by atoms with Crippen LogP contribution >= 0.6 is 0 Å². The molecular weight excluding hydrogens is 375 g/mol. The Kier molecular flexibility index (Phi) is 5.37. The van der Waals surface area contributed by atoms with Crippen molar-refractivity contribution in [3.63, 3.8) is 0 Å². The van der Waals surface area contributed by atoms with E-state index in [0.717, 1.165) is 23.7 Å². The van der Waals surface area contributed by atoms with Gasteiger partial charge >= 0.3 is 0 Å². The van der Waals surface area contributed by atoms with Crippen LogP contribution in [0.2, 0.25) is 0 Å². The van der Waals surface area contributed by atoms with Crippen LogP contribution in [0.1, 0.15) is 41.6 Å². The lowest BCUT2D eigenvalue weighted by Crippen LogP contribution is -2.18. The highest BCUT2D eigenvalue weighted by Gasteiger charge is 2.28. The Morgan fingerprint density at radius 2 is 1.79 bits per heavy atom. The summed E-state index contributed by atoms with van der Waals surface area (Å²) in [5.41, 5.74) is 3.35. The Morgan fingerprint density at radius 1 is 1.00 bits per heavy atom. The van der Waals surface area contributed by atoms with E-state index in [1.54, 1.807) is 12.1 Å². The molecule has 0 bridgehead atoms. The number of hydrogen-bond donors (Lipinski definition) is 0. The zero-order valence-corrected chi connectivity index (χ0v) is 16.4. The summed E-state index contributed by atoms with van der Waals surface area (Å²) in [7, 11) is 1.91. The van der Waals surface area contributed by atoms with Crippen LogP contribution in [-0.4, -0.2) is 28.7 Å². The summed E-state index contributed by atoms with van der Waals surface area (Å²) < 4.78 is 43.5. The van der Waals surface area contributed by atoms with Gasteiger partial charge in [-0.2, -0.15) is 10.2 Å². The summed E-state index contributed by atoms with van der Waals surface area (Å²) in [6.07, 6.45) is 1.38. The molecule has 0 amide bonds. The fourth-order valence-electron chi connectivity index (χ4n) is 3.97. The first-order valence-electron chi connectivity index (χ1n) is 9.75. The van der Waals surface area contributed by atoms with E-state index in [4.69, 9.17) is 0 Å². The van der Waals surface area contributed by atoms with Crippen LogP contribution in [0.4, 0.5) is 13.2 Å². The van der Waals surface area contributed by atoms with Gasteiger partial charge in [-0.15, -0.1) is 0 Å². The van der Waals surface area contributed by atoms with Gasteiger partial charge < -0.3 is 4.90 Å². The minimum atomic E-state index is -0.618. The lowest BCUT2D eigenvalue weighted by Gasteiger charge is -2.20. The van der Waals surface area contributed by atoms with Crippen LogP contribution < -0.4 is 0 Å². The van der Waals surface area contributed by atoms with Crippen molar-refractivity contribution in [3.05, 3.63) is 82.3 Å². The van der Waals surface area contributed by atoms with Crippen LogP contribution in [0, 0.1) is 17.5 Å². The normalized spacial score (nSPS) is 17.1. The lowest BCUT2D eigenvalue weighted by molar-refractivity contribution is 0.323. The van der Waals surface area contributed by atoms with Crippen molar-refractivity contribution in [2.75, 3.05) is 13.6 Å². The molecule has 3 nitrogen and oxygen atoms in total. The van der Waals surface area contributed by atoms with Crippen molar-refractivity contribution < 1.29 is 13.2 Å². The SMILES string of the molecule is CCc1ccc(-c2ccc3c(c2F)CN(C)CCC3c2ccc(F)cc2F)nn1. The second-order valence-corrected chi connectivity index (χ2v) is 7.50. The fourth-order valence-corrected chi connectivity index (χ4v) is 3.97. The summed E-state index contributed by atoms with van der Waals surface area (Å²) in [5.74, 6) is -1.92. The average Bonchev–Trinajstić information content (AvgIpc) is 2.88. The number of fused-ring (bicyclic) bond motifs is 1. The van der Waals surface area contributed by atoms with Gasteiger partial charge in [-0.3, -0.25) is 0 Å². The fraction of sp³-hybridized carbons (Fsp3) is 0.304. The first kappa shape index (κ1) is 19.6. The van der Waals surface area contributed by atoms with Crippen LogP contribution in [-0.2, 0) is 13.0 Å². The van der Waals surface area contributed by atoms with Gasteiger partial charge in [-0.25, -0.2) is 13.2 Å². The molecule has 1 atom stereocenters. The zero-order valence-electron chi connectivity index (χ0n) is 16.4. The molecule has 150 valence electrons. The second kappa shape index (κ2) is 7.95. The highest BCUT2D eigenvalue weighted by atomic mass is 19.1. The maximum Gasteiger partial charge on any atom is 0.137 e. The topological polar surface area (TPSA) is 29.0 Å². The molecule has 1 aliphatic heterocycles. The van der Waals surface area contributed by atoms with Crippen molar-refractivity contribution in [2.45, 2.75) is 32.2 Å². The van der Waals surface area contributed by atoms with E-state index >= 15 is 4.39 Å². The monoisotopic (exact) mass is 397 g/mol. The smallest absolute Gasteiger partial charge is 0.137 e. The van der Waals surface area contributed by atoms with Crippen LogP contribution in [0.25, 0.3) is 11.3 Å². The van der Waals surface area contributed by atoms with Gasteiger partial charge in [0.25, 0.3) is 0 Å². The molecule has 1 aromatic heterocycles. The Labute approximate surface area is 168 Å². The van der Waals surface area contributed by atoms with Gasteiger partial charge in [-0.05, 0) is 61.8 Å². The second-order valence-electron chi connectivity index (χ2n) is 7.50. The van der Waals surface area contributed by atoms with Crippen molar-refractivity contribution in [1.29, 1.82) is 0 Å². The summed E-state index contributed by atoms with van der Waals surface area (Å²) in [6.45, 7) is 3.07. The quantitative estimate of drug-likeness (QED) is 0.616. The molecule has 29 heavy (non-hydrogen) atoms. The Balaban J connectivity index is 1.83. The number of rotatable bonds is 3. The van der Waals surface area contributed by atoms with Gasteiger partial charge in [0.15, 0.2) is 0 Å². The van der Waals surface area contributed by atoms with E-state index in [2.05, 4.69) is 10.2 Å². The predicted molar refractivity (Wildman–Crippen MR) is 106 cm³/mol. The van der Waals surface area contributed by atoms with Crippen LogP contribution in [0.5, 0.6) is 0 Å². The molecule has 6 heteroatoms. The summed E-state index contributed by atoms with van der Waals surface area (Å²) in [4.78, 5) is 2.01. The number of benzene rings is 2. The van der Waals surface area contributed by atoms with Gasteiger partial charge in [0.2, 0.25) is 0 Å². The van der Waals surface area contributed by atoms with E-state index in [-0.39, 0.29) is 11.7 Å². The number of nitrogens with zero attached hydrogens (tertiary/aromatic N) is 3. The van der Waals surface area contributed by atoms with E-state index in [1.807, 2.05) is 31.0 Å². The molecule has 2 aromatic carbocycles. The molecule has 1 unspecified atom stereocenters.